The van der Waals surface area contributed by atoms with E-state index < -0.39 is 15.7 Å². The highest BCUT2D eigenvalue weighted by atomic mass is 32.2. The Morgan fingerprint density at radius 1 is 1.44 bits per heavy atom. The zero-order valence-electron chi connectivity index (χ0n) is 10.5. The Balaban J connectivity index is 2.53. The van der Waals surface area contributed by atoms with Crippen molar-refractivity contribution in [1.29, 1.82) is 0 Å². The fourth-order valence-electron chi connectivity index (χ4n) is 1.42. The molecule has 0 aliphatic heterocycles. The van der Waals surface area contributed by atoms with Gasteiger partial charge in [-0.1, -0.05) is 6.07 Å². The van der Waals surface area contributed by atoms with Gasteiger partial charge in [-0.2, -0.15) is 0 Å². The number of nitrogens with two attached hydrogens (primary N) is 1. The Morgan fingerprint density at radius 3 is 2.61 bits per heavy atom. The molecule has 6 heteroatoms. The fourth-order valence-corrected chi connectivity index (χ4v) is 2.06. The van der Waals surface area contributed by atoms with Crippen LogP contribution in [0.5, 0.6) is 5.75 Å². The van der Waals surface area contributed by atoms with E-state index in [0.717, 1.165) is 6.26 Å². The van der Waals surface area contributed by atoms with E-state index in [-0.39, 0.29) is 24.2 Å². The number of halogens is 1. The average molecular weight is 275 g/mol. The first kappa shape index (κ1) is 14.9. The molecule has 1 atom stereocenters. The molecular weight excluding hydrogens is 257 g/mol. The van der Waals surface area contributed by atoms with Crippen LogP contribution in [0.15, 0.2) is 18.2 Å². The number of benzene rings is 1. The summed E-state index contributed by atoms with van der Waals surface area (Å²) >= 11 is 0. The summed E-state index contributed by atoms with van der Waals surface area (Å²) in [6.45, 7) is 1.93. The molecule has 0 radical (unpaired) electrons. The predicted molar refractivity (Wildman–Crippen MR) is 68.8 cm³/mol. The number of sulfone groups is 1. The molecule has 0 bridgehead atoms. The summed E-state index contributed by atoms with van der Waals surface area (Å²) in [4.78, 5) is 0. The molecule has 1 rings (SSSR count). The zero-order chi connectivity index (χ0) is 13.8. The van der Waals surface area contributed by atoms with Crippen molar-refractivity contribution < 1.29 is 17.5 Å². The van der Waals surface area contributed by atoms with Crippen molar-refractivity contribution in [2.24, 2.45) is 5.73 Å². The number of hydrogen-bond donors (Lipinski definition) is 1. The lowest BCUT2D eigenvalue weighted by Crippen LogP contribution is -2.09. The smallest absolute Gasteiger partial charge is 0.165 e. The van der Waals surface area contributed by atoms with Gasteiger partial charge in [0.15, 0.2) is 11.6 Å². The van der Waals surface area contributed by atoms with Crippen molar-refractivity contribution in [2.45, 2.75) is 19.4 Å². The maximum atomic E-state index is 13.6. The molecular formula is C12H18FNO3S. The van der Waals surface area contributed by atoms with Crippen molar-refractivity contribution in [3.05, 3.63) is 29.6 Å². The monoisotopic (exact) mass is 275 g/mol. The van der Waals surface area contributed by atoms with Gasteiger partial charge in [0.1, 0.15) is 9.84 Å². The van der Waals surface area contributed by atoms with Crippen LogP contribution in [-0.2, 0) is 9.84 Å². The van der Waals surface area contributed by atoms with Gasteiger partial charge in [-0.05, 0) is 31.0 Å². The van der Waals surface area contributed by atoms with Gasteiger partial charge >= 0.3 is 0 Å². The highest BCUT2D eigenvalue weighted by molar-refractivity contribution is 7.90. The van der Waals surface area contributed by atoms with Crippen LogP contribution < -0.4 is 10.5 Å². The molecule has 0 amide bonds. The molecule has 0 spiro atoms. The van der Waals surface area contributed by atoms with Gasteiger partial charge in [-0.25, -0.2) is 12.8 Å². The molecule has 0 aliphatic carbocycles. The van der Waals surface area contributed by atoms with Crippen LogP contribution in [-0.4, -0.2) is 27.0 Å². The fraction of sp³-hybridized carbons (Fsp3) is 0.500. The van der Waals surface area contributed by atoms with Crippen molar-refractivity contribution in [1.82, 2.24) is 0 Å². The van der Waals surface area contributed by atoms with Gasteiger partial charge in [0, 0.05) is 12.3 Å². The minimum Gasteiger partial charge on any atom is -0.490 e. The van der Waals surface area contributed by atoms with E-state index in [2.05, 4.69) is 0 Å². The molecule has 0 saturated carbocycles. The summed E-state index contributed by atoms with van der Waals surface area (Å²) in [5.41, 5.74) is 6.32. The zero-order valence-corrected chi connectivity index (χ0v) is 11.3. The predicted octanol–water partition coefficient (Wildman–Crippen LogP) is 1.66. The van der Waals surface area contributed by atoms with E-state index in [1.165, 1.54) is 12.1 Å². The Kier molecular flexibility index (Phi) is 5.10. The topological polar surface area (TPSA) is 69.4 Å². The lowest BCUT2D eigenvalue weighted by Gasteiger charge is -2.10. The molecule has 0 unspecified atom stereocenters. The Morgan fingerprint density at radius 2 is 2.11 bits per heavy atom. The SMILES string of the molecule is C[C@H](N)c1ccc(OCCCS(C)(=O)=O)c(F)c1. The van der Waals surface area contributed by atoms with Gasteiger partial charge in [-0.3, -0.25) is 0 Å². The molecule has 102 valence electrons. The van der Waals surface area contributed by atoms with E-state index >= 15 is 0 Å². The molecule has 0 heterocycles. The van der Waals surface area contributed by atoms with Gasteiger partial charge < -0.3 is 10.5 Å². The Bertz CT molecular complexity index is 500. The molecule has 4 nitrogen and oxygen atoms in total. The molecule has 1 aromatic rings. The van der Waals surface area contributed by atoms with Crippen molar-refractivity contribution in [2.75, 3.05) is 18.6 Å². The summed E-state index contributed by atoms with van der Waals surface area (Å²) in [5, 5.41) is 0. The lowest BCUT2D eigenvalue weighted by atomic mass is 10.1. The van der Waals surface area contributed by atoms with Crippen molar-refractivity contribution >= 4 is 9.84 Å². The van der Waals surface area contributed by atoms with Gasteiger partial charge in [0.25, 0.3) is 0 Å². The largest absolute Gasteiger partial charge is 0.490 e. The highest BCUT2D eigenvalue weighted by Crippen LogP contribution is 2.21. The number of ether oxygens (including phenoxy) is 1. The Hall–Kier alpha value is -1.14. The first-order valence-electron chi connectivity index (χ1n) is 5.65. The molecule has 0 aromatic heterocycles. The van der Waals surface area contributed by atoms with E-state index in [1.807, 2.05) is 0 Å². The first-order valence-corrected chi connectivity index (χ1v) is 7.71. The quantitative estimate of drug-likeness (QED) is 0.802. The van der Waals surface area contributed by atoms with Crippen LogP contribution in [0.2, 0.25) is 0 Å². The van der Waals surface area contributed by atoms with Crippen LogP contribution in [0.25, 0.3) is 0 Å². The lowest BCUT2D eigenvalue weighted by molar-refractivity contribution is 0.301. The highest BCUT2D eigenvalue weighted by Gasteiger charge is 2.08. The maximum absolute atomic E-state index is 13.6. The van der Waals surface area contributed by atoms with Crippen LogP contribution >= 0.6 is 0 Å². The van der Waals surface area contributed by atoms with E-state index in [1.54, 1.807) is 13.0 Å². The van der Waals surface area contributed by atoms with Crippen LogP contribution in [0.1, 0.15) is 24.9 Å². The standard InChI is InChI=1S/C12H18FNO3S/c1-9(14)10-4-5-12(11(13)8-10)17-6-3-7-18(2,15)16/h4-5,8-9H,3,6-7,14H2,1-2H3/t9-/m0/s1. The minimum absolute atomic E-state index is 0.0343. The van der Waals surface area contributed by atoms with Gasteiger partial charge in [-0.15, -0.1) is 0 Å². The first-order chi connectivity index (χ1) is 8.29. The third-order valence-electron chi connectivity index (χ3n) is 2.40. The second-order valence-electron chi connectivity index (χ2n) is 4.31. The van der Waals surface area contributed by atoms with Crippen LogP contribution in [0.3, 0.4) is 0 Å². The van der Waals surface area contributed by atoms with E-state index in [9.17, 15) is 12.8 Å². The van der Waals surface area contributed by atoms with Crippen molar-refractivity contribution in [3.63, 3.8) is 0 Å². The van der Waals surface area contributed by atoms with Crippen LogP contribution in [0, 0.1) is 5.82 Å². The molecule has 1 aromatic carbocycles. The second kappa shape index (κ2) is 6.15. The van der Waals surface area contributed by atoms with E-state index in [0.29, 0.717) is 12.0 Å². The third-order valence-corrected chi connectivity index (χ3v) is 3.43. The molecule has 0 aliphatic rings. The summed E-state index contributed by atoms with van der Waals surface area (Å²) < 4.78 is 40.5. The molecule has 2 N–H and O–H groups in total. The molecule has 18 heavy (non-hydrogen) atoms. The minimum atomic E-state index is -3.00. The van der Waals surface area contributed by atoms with E-state index in [4.69, 9.17) is 10.5 Å². The molecule has 0 saturated heterocycles. The molecule has 0 fully saturated rings. The summed E-state index contributed by atoms with van der Waals surface area (Å²) in [5.74, 6) is -0.330. The Labute approximate surface area is 107 Å². The van der Waals surface area contributed by atoms with Crippen LogP contribution in [0.4, 0.5) is 4.39 Å². The van der Waals surface area contributed by atoms with Gasteiger partial charge in [0.2, 0.25) is 0 Å². The van der Waals surface area contributed by atoms with Gasteiger partial charge in [0.05, 0.1) is 12.4 Å². The summed E-state index contributed by atoms with van der Waals surface area (Å²) in [6.07, 6.45) is 1.50. The maximum Gasteiger partial charge on any atom is 0.165 e. The average Bonchev–Trinajstić information content (AvgIpc) is 2.24. The van der Waals surface area contributed by atoms with Crippen molar-refractivity contribution in [3.8, 4) is 5.75 Å². The third kappa shape index (κ3) is 5.01. The number of rotatable bonds is 6. The summed E-state index contributed by atoms with van der Waals surface area (Å²) in [6, 6.07) is 4.30. The normalized spacial score (nSPS) is 13.3. The summed E-state index contributed by atoms with van der Waals surface area (Å²) in [7, 11) is -3.00. The number of hydrogen-bond acceptors (Lipinski definition) is 4. The second-order valence-corrected chi connectivity index (χ2v) is 6.57.